The summed E-state index contributed by atoms with van der Waals surface area (Å²) >= 11 is 0. The van der Waals surface area contributed by atoms with Gasteiger partial charge in [-0.15, -0.1) is 0 Å². The monoisotopic (exact) mass is 168 g/mol. The maximum Gasteiger partial charge on any atom is 0.0523 e. The molecule has 0 saturated heterocycles. The second kappa shape index (κ2) is 2.47. The highest BCUT2D eigenvalue weighted by molar-refractivity contribution is 5.06. The Balaban J connectivity index is 2.20. The molecule has 0 radical (unpaired) electrons. The van der Waals surface area contributed by atoms with Crippen LogP contribution >= 0.6 is 0 Å². The zero-order valence-corrected chi connectivity index (χ0v) is 8.52. The molecule has 0 amide bonds. The first kappa shape index (κ1) is 8.55. The summed E-state index contributed by atoms with van der Waals surface area (Å²) in [6, 6.07) is 0. The first-order valence-electron chi connectivity index (χ1n) is 5.09. The molecule has 2 unspecified atom stereocenters. The van der Waals surface area contributed by atoms with Crippen LogP contribution in [0.5, 0.6) is 0 Å². The number of hydrogen-bond acceptors (Lipinski definition) is 1. The minimum Gasteiger partial charge on any atom is -0.384 e. The van der Waals surface area contributed by atoms with Crippen LogP contribution in [0.25, 0.3) is 0 Å². The summed E-state index contributed by atoms with van der Waals surface area (Å²) < 4.78 is 5.38. The van der Waals surface area contributed by atoms with Crippen LogP contribution < -0.4 is 0 Å². The van der Waals surface area contributed by atoms with Gasteiger partial charge in [0.15, 0.2) is 0 Å². The summed E-state index contributed by atoms with van der Waals surface area (Å²) in [5, 5.41) is 0. The molecule has 2 rings (SSSR count). The van der Waals surface area contributed by atoms with Crippen LogP contribution in [0.3, 0.4) is 0 Å². The quantitative estimate of drug-likeness (QED) is 0.616. The summed E-state index contributed by atoms with van der Waals surface area (Å²) in [6.45, 7) is 5.83. The van der Waals surface area contributed by atoms with Crippen LogP contribution in [-0.2, 0) is 4.74 Å². The van der Waals surface area contributed by atoms with Crippen molar-refractivity contribution in [1.29, 1.82) is 0 Å². The highest BCUT2D eigenvalue weighted by atomic mass is 16.5. The maximum atomic E-state index is 5.38. The molecule has 12 heavy (non-hydrogen) atoms. The van der Waals surface area contributed by atoms with Gasteiger partial charge in [-0.1, -0.05) is 13.8 Å². The van der Waals surface area contributed by atoms with Gasteiger partial charge in [-0.3, -0.25) is 0 Å². The Kier molecular flexibility index (Phi) is 1.76. The van der Waals surface area contributed by atoms with Crippen molar-refractivity contribution < 1.29 is 4.74 Å². The standard InChI is InChI=1S/C11H20O/c1-10(2)6-9-4-5-11(10,7-9)8-12-3/h9H,4-8H2,1-3H3. The van der Waals surface area contributed by atoms with Gasteiger partial charge in [-0.2, -0.15) is 0 Å². The van der Waals surface area contributed by atoms with E-state index < -0.39 is 0 Å². The van der Waals surface area contributed by atoms with Crippen molar-refractivity contribution in [2.24, 2.45) is 16.7 Å². The number of methoxy groups -OCH3 is 1. The van der Waals surface area contributed by atoms with E-state index in [4.69, 9.17) is 4.74 Å². The molecule has 2 bridgehead atoms. The zero-order valence-electron chi connectivity index (χ0n) is 8.52. The lowest BCUT2D eigenvalue weighted by Crippen LogP contribution is -2.36. The van der Waals surface area contributed by atoms with E-state index in [-0.39, 0.29) is 0 Å². The summed E-state index contributed by atoms with van der Waals surface area (Å²) in [5.74, 6) is 1.01. The molecule has 70 valence electrons. The van der Waals surface area contributed by atoms with Gasteiger partial charge in [0.05, 0.1) is 6.61 Å². The summed E-state index contributed by atoms with van der Waals surface area (Å²) in [6.07, 6.45) is 5.70. The lowest BCUT2D eigenvalue weighted by atomic mass is 9.65. The lowest BCUT2D eigenvalue weighted by molar-refractivity contribution is 0.00217. The molecule has 2 atom stereocenters. The molecular weight excluding hydrogens is 148 g/mol. The van der Waals surface area contributed by atoms with Gasteiger partial charge in [0.1, 0.15) is 0 Å². The summed E-state index contributed by atoms with van der Waals surface area (Å²) in [5.41, 5.74) is 1.07. The Morgan fingerprint density at radius 2 is 2.08 bits per heavy atom. The van der Waals surface area contributed by atoms with E-state index in [2.05, 4.69) is 13.8 Å². The van der Waals surface area contributed by atoms with Crippen LogP contribution in [0.1, 0.15) is 39.5 Å². The topological polar surface area (TPSA) is 9.23 Å². The Bertz CT molecular complexity index is 185. The van der Waals surface area contributed by atoms with E-state index in [0.29, 0.717) is 10.8 Å². The second-order valence-corrected chi connectivity index (χ2v) is 5.41. The summed E-state index contributed by atoms with van der Waals surface area (Å²) in [7, 11) is 1.84. The fourth-order valence-electron chi connectivity index (χ4n) is 3.57. The molecule has 0 heterocycles. The largest absolute Gasteiger partial charge is 0.384 e. The molecule has 2 fully saturated rings. The van der Waals surface area contributed by atoms with Gasteiger partial charge in [0.2, 0.25) is 0 Å². The van der Waals surface area contributed by atoms with Crippen LogP contribution in [0, 0.1) is 16.7 Å². The lowest BCUT2D eigenvalue weighted by Gasteiger charge is -2.41. The highest BCUT2D eigenvalue weighted by Gasteiger charge is 2.56. The number of fused-ring (bicyclic) bond motifs is 2. The average molecular weight is 168 g/mol. The predicted molar refractivity (Wildman–Crippen MR) is 50.0 cm³/mol. The minimum absolute atomic E-state index is 0.534. The predicted octanol–water partition coefficient (Wildman–Crippen LogP) is 2.85. The maximum absolute atomic E-state index is 5.38. The van der Waals surface area contributed by atoms with Crippen molar-refractivity contribution in [3.8, 4) is 0 Å². The van der Waals surface area contributed by atoms with Crippen molar-refractivity contribution >= 4 is 0 Å². The van der Waals surface area contributed by atoms with Gasteiger partial charge in [0.25, 0.3) is 0 Å². The van der Waals surface area contributed by atoms with Gasteiger partial charge in [-0.25, -0.2) is 0 Å². The van der Waals surface area contributed by atoms with Crippen LogP contribution in [0.2, 0.25) is 0 Å². The Hall–Kier alpha value is -0.0400. The zero-order chi connectivity index (χ0) is 8.82. The molecule has 2 aliphatic rings. The van der Waals surface area contributed by atoms with E-state index in [1.807, 2.05) is 7.11 Å². The van der Waals surface area contributed by atoms with Crippen molar-refractivity contribution in [3.05, 3.63) is 0 Å². The number of rotatable bonds is 2. The van der Waals surface area contributed by atoms with Crippen molar-refractivity contribution in [2.75, 3.05) is 13.7 Å². The van der Waals surface area contributed by atoms with E-state index in [1.165, 1.54) is 25.7 Å². The van der Waals surface area contributed by atoms with Gasteiger partial charge < -0.3 is 4.74 Å². The Labute approximate surface area is 75.5 Å². The van der Waals surface area contributed by atoms with Crippen LogP contribution in [0.15, 0.2) is 0 Å². The third kappa shape index (κ3) is 0.953. The molecule has 0 aromatic rings. The highest BCUT2D eigenvalue weighted by Crippen LogP contribution is 2.64. The molecule has 2 saturated carbocycles. The summed E-state index contributed by atoms with van der Waals surface area (Å²) in [4.78, 5) is 0. The SMILES string of the molecule is COCC12CCC(CC1(C)C)C2. The van der Waals surface area contributed by atoms with E-state index in [9.17, 15) is 0 Å². The molecule has 0 aliphatic heterocycles. The molecule has 0 aromatic heterocycles. The molecule has 0 spiro atoms. The number of ether oxygens (including phenoxy) is 1. The van der Waals surface area contributed by atoms with Gasteiger partial charge >= 0.3 is 0 Å². The normalized spacial score (nSPS) is 43.8. The van der Waals surface area contributed by atoms with E-state index >= 15 is 0 Å². The molecule has 1 heteroatoms. The first-order valence-corrected chi connectivity index (χ1v) is 5.09. The van der Waals surface area contributed by atoms with Gasteiger partial charge in [-0.05, 0) is 42.4 Å². The molecule has 2 aliphatic carbocycles. The Morgan fingerprint density at radius 1 is 1.33 bits per heavy atom. The molecule has 0 N–H and O–H groups in total. The van der Waals surface area contributed by atoms with E-state index in [0.717, 1.165) is 12.5 Å². The molecule has 0 aromatic carbocycles. The smallest absolute Gasteiger partial charge is 0.0523 e. The van der Waals surface area contributed by atoms with Crippen LogP contribution in [-0.4, -0.2) is 13.7 Å². The van der Waals surface area contributed by atoms with Gasteiger partial charge in [0, 0.05) is 7.11 Å². The second-order valence-electron chi connectivity index (χ2n) is 5.41. The molecule has 1 nitrogen and oxygen atoms in total. The molecular formula is C11H20O. The fourth-order valence-corrected chi connectivity index (χ4v) is 3.57. The first-order chi connectivity index (χ1) is 5.60. The fraction of sp³-hybridized carbons (Fsp3) is 1.00. The number of hydrogen-bond donors (Lipinski definition) is 0. The van der Waals surface area contributed by atoms with Crippen molar-refractivity contribution in [2.45, 2.75) is 39.5 Å². The Morgan fingerprint density at radius 3 is 2.50 bits per heavy atom. The minimum atomic E-state index is 0.534. The third-order valence-corrected chi connectivity index (χ3v) is 4.37. The van der Waals surface area contributed by atoms with Crippen molar-refractivity contribution in [1.82, 2.24) is 0 Å². The average Bonchev–Trinajstić information content (AvgIpc) is 2.42. The third-order valence-electron chi connectivity index (χ3n) is 4.37. The van der Waals surface area contributed by atoms with E-state index in [1.54, 1.807) is 0 Å². The van der Waals surface area contributed by atoms with Crippen molar-refractivity contribution in [3.63, 3.8) is 0 Å². The van der Waals surface area contributed by atoms with Crippen LogP contribution in [0.4, 0.5) is 0 Å².